The first kappa shape index (κ1) is 13.9. The molecular formula is C13H18Cl2N2O. The lowest BCUT2D eigenvalue weighted by atomic mass is 10.0. The number of nitrogen functional groups attached to an aromatic ring is 1. The van der Waals surface area contributed by atoms with Crippen LogP contribution in [0.15, 0.2) is 12.1 Å². The van der Waals surface area contributed by atoms with Crippen LogP contribution in [0.5, 0.6) is 0 Å². The Morgan fingerprint density at radius 1 is 1.33 bits per heavy atom. The van der Waals surface area contributed by atoms with E-state index in [1.54, 1.807) is 0 Å². The second kappa shape index (κ2) is 5.25. The van der Waals surface area contributed by atoms with Crippen LogP contribution in [0.4, 0.5) is 5.69 Å². The molecule has 0 spiro atoms. The molecule has 0 atom stereocenters. The summed E-state index contributed by atoms with van der Waals surface area (Å²) >= 11 is 12.1. The number of benzene rings is 1. The number of anilines is 1. The summed E-state index contributed by atoms with van der Waals surface area (Å²) < 4.78 is 5.51. The van der Waals surface area contributed by atoms with Gasteiger partial charge in [-0.3, -0.25) is 4.90 Å². The molecule has 1 aliphatic heterocycles. The van der Waals surface area contributed by atoms with Crippen molar-refractivity contribution in [1.29, 1.82) is 0 Å². The first-order valence-corrected chi connectivity index (χ1v) is 6.72. The van der Waals surface area contributed by atoms with Crippen molar-refractivity contribution < 1.29 is 4.74 Å². The van der Waals surface area contributed by atoms with Crippen molar-refractivity contribution in [1.82, 2.24) is 4.90 Å². The van der Waals surface area contributed by atoms with Gasteiger partial charge in [0.25, 0.3) is 0 Å². The van der Waals surface area contributed by atoms with E-state index in [2.05, 4.69) is 18.7 Å². The zero-order valence-corrected chi connectivity index (χ0v) is 12.2. The topological polar surface area (TPSA) is 38.5 Å². The molecule has 0 unspecified atom stereocenters. The van der Waals surface area contributed by atoms with Crippen LogP contribution in [-0.2, 0) is 11.3 Å². The van der Waals surface area contributed by atoms with Crippen LogP contribution in [0.25, 0.3) is 0 Å². The maximum atomic E-state index is 6.06. The Kier molecular flexibility index (Phi) is 4.07. The molecule has 1 heterocycles. The third-order valence-electron chi connectivity index (χ3n) is 3.33. The monoisotopic (exact) mass is 288 g/mol. The van der Waals surface area contributed by atoms with Gasteiger partial charge in [0.1, 0.15) is 0 Å². The van der Waals surface area contributed by atoms with Gasteiger partial charge in [0.2, 0.25) is 0 Å². The van der Waals surface area contributed by atoms with E-state index in [1.165, 1.54) is 0 Å². The summed E-state index contributed by atoms with van der Waals surface area (Å²) in [5.41, 5.74) is 7.29. The molecule has 2 N–H and O–H groups in total. The molecule has 5 heteroatoms. The minimum atomic E-state index is 0.0264. The molecule has 1 aromatic rings. The van der Waals surface area contributed by atoms with E-state index in [-0.39, 0.29) is 5.54 Å². The van der Waals surface area contributed by atoms with Gasteiger partial charge in [-0.2, -0.15) is 0 Å². The van der Waals surface area contributed by atoms with Crippen LogP contribution in [-0.4, -0.2) is 30.2 Å². The largest absolute Gasteiger partial charge is 0.396 e. The Bertz CT molecular complexity index is 426. The Balaban J connectivity index is 2.18. The van der Waals surface area contributed by atoms with Crippen LogP contribution in [0.2, 0.25) is 10.0 Å². The highest BCUT2D eigenvalue weighted by Gasteiger charge is 2.30. The maximum absolute atomic E-state index is 6.06. The fourth-order valence-corrected chi connectivity index (χ4v) is 2.66. The van der Waals surface area contributed by atoms with Gasteiger partial charge in [-0.15, -0.1) is 0 Å². The molecule has 0 aliphatic carbocycles. The normalized spacial score (nSPS) is 20.0. The lowest BCUT2D eigenvalue weighted by Gasteiger charge is -2.42. The molecule has 1 aliphatic rings. The van der Waals surface area contributed by atoms with Crippen LogP contribution in [0.1, 0.15) is 19.4 Å². The van der Waals surface area contributed by atoms with Crippen molar-refractivity contribution in [2.45, 2.75) is 25.9 Å². The molecule has 0 radical (unpaired) electrons. The number of nitrogens with zero attached hydrogens (tertiary/aromatic N) is 1. The Hall–Kier alpha value is -0.480. The fourth-order valence-electron chi connectivity index (χ4n) is 2.13. The van der Waals surface area contributed by atoms with Crippen LogP contribution in [0.3, 0.4) is 0 Å². The lowest BCUT2D eigenvalue weighted by molar-refractivity contribution is -0.0552. The number of halogens is 2. The predicted molar refractivity (Wildman–Crippen MR) is 76.2 cm³/mol. The highest BCUT2D eigenvalue weighted by molar-refractivity contribution is 6.38. The van der Waals surface area contributed by atoms with Crippen LogP contribution in [0, 0.1) is 0 Å². The summed E-state index contributed by atoms with van der Waals surface area (Å²) in [7, 11) is 0. The summed E-state index contributed by atoms with van der Waals surface area (Å²) in [6.45, 7) is 7.56. The van der Waals surface area contributed by atoms with Crippen molar-refractivity contribution in [3.8, 4) is 0 Å². The van der Waals surface area contributed by atoms with Gasteiger partial charge in [0.05, 0.1) is 28.9 Å². The average molecular weight is 289 g/mol. The van der Waals surface area contributed by atoms with E-state index in [1.807, 2.05) is 12.1 Å². The third kappa shape index (κ3) is 2.91. The molecule has 1 fully saturated rings. The van der Waals surface area contributed by atoms with Gasteiger partial charge >= 0.3 is 0 Å². The van der Waals surface area contributed by atoms with Gasteiger partial charge < -0.3 is 10.5 Å². The molecule has 0 saturated carbocycles. The maximum Gasteiger partial charge on any atom is 0.0693 e. The molecule has 3 nitrogen and oxygen atoms in total. The second-order valence-electron chi connectivity index (χ2n) is 5.26. The number of hydrogen-bond acceptors (Lipinski definition) is 3. The number of nitrogens with two attached hydrogens (primary N) is 1. The highest BCUT2D eigenvalue weighted by atomic mass is 35.5. The van der Waals surface area contributed by atoms with E-state index in [9.17, 15) is 0 Å². The Morgan fingerprint density at radius 3 is 2.50 bits per heavy atom. The van der Waals surface area contributed by atoms with E-state index >= 15 is 0 Å². The van der Waals surface area contributed by atoms with E-state index in [0.29, 0.717) is 15.7 Å². The molecule has 1 aromatic carbocycles. The number of hydrogen-bond donors (Lipinski definition) is 1. The van der Waals surface area contributed by atoms with Crippen molar-refractivity contribution in [3.63, 3.8) is 0 Å². The van der Waals surface area contributed by atoms with Crippen molar-refractivity contribution in [2.24, 2.45) is 0 Å². The van der Waals surface area contributed by atoms with Crippen molar-refractivity contribution in [2.75, 3.05) is 25.5 Å². The van der Waals surface area contributed by atoms with Gasteiger partial charge in [-0.25, -0.2) is 0 Å². The minimum Gasteiger partial charge on any atom is -0.396 e. The Morgan fingerprint density at radius 2 is 1.94 bits per heavy atom. The fraction of sp³-hybridized carbons (Fsp3) is 0.538. The SMILES string of the molecule is CC1(C)COCCN1Cc1cc(Cl)c(N)c(Cl)c1. The van der Waals surface area contributed by atoms with E-state index in [4.69, 9.17) is 33.7 Å². The van der Waals surface area contributed by atoms with Gasteiger partial charge in [-0.1, -0.05) is 23.2 Å². The second-order valence-corrected chi connectivity index (χ2v) is 6.07. The zero-order valence-electron chi connectivity index (χ0n) is 10.7. The quantitative estimate of drug-likeness (QED) is 0.850. The summed E-state index contributed by atoms with van der Waals surface area (Å²) in [6, 6.07) is 3.77. The van der Waals surface area contributed by atoms with Gasteiger partial charge in [0, 0.05) is 18.6 Å². The van der Waals surface area contributed by atoms with Gasteiger partial charge in [-0.05, 0) is 31.5 Å². The molecule has 18 heavy (non-hydrogen) atoms. The molecule has 0 bridgehead atoms. The van der Waals surface area contributed by atoms with Crippen molar-refractivity contribution >= 4 is 28.9 Å². The summed E-state index contributed by atoms with van der Waals surface area (Å²) in [4.78, 5) is 2.37. The minimum absolute atomic E-state index is 0.0264. The standard InChI is InChI=1S/C13H18Cl2N2O/c1-13(2)8-18-4-3-17(13)7-9-5-10(14)12(16)11(15)6-9/h5-6H,3-4,7-8,16H2,1-2H3. The third-order valence-corrected chi connectivity index (χ3v) is 3.95. The highest BCUT2D eigenvalue weighted by Crippen LogP contribution is 2.30. The number of rotatable bonds is 2. The average Bonchev–Trinajstić information content (AvgIpc) is 2.28. The first-order valence-electron chi connectivity index (χ1n) is 5.96. The first-order chi connectivity index (χ1) is 8.40. The number of morpholine rings is 1. The van der Waals surface area contributed by atoms with E-state index in [0.717, 1.165) is 31.9 Å². The molecule has 0 amide bonds. The summed E-state index contributed by atoms with van der Waals surface area (Å²) in [5.74, 6) is 0. The lowest BCUT2D eigenvalue weighted by Crippen LogP contribution is -2.52. The summed E-state index contributed by atoms with van der Waals surface area (Å²) in [5, 5.41) is 1.03. The predicted octanol–water partition coefficient (Wildman–Crippen LogP) is 3.19. The van der Waals surface area contributed by atoms with E-state index < -0.39 is 0 Å². The van der Waals surface area contributed by atoms with Crippen LogP contribution < -0.4 is 5.73 Å². The molecular weight excluding hydrogens is 271 g/mol. The summed E-state index contributed by atoms with van der Waals surface area (Å²) in [6.07, 6.45) is 0. The zero-order chi connectivity index (χ0) is 13.3. The van der Waals surface area contributed by atoms with Crippen LogP contribution >= 0.6 is 23.2 Å². The Labute approximate surface area is 118 Å². The molecule has 100 valence electrons. The smallest absolute Gasteiger partial charge is 0.0693 e. The van der Waals surface area contributed by atoms with Gasteiger partial charge in [0.15, 0.2) is 0 Å². The molecule has 0 aromatic heterocycles. The number of ether oxygens (including phenoxy) is 1. The molecule has 2 rings (SSSR count). The molecule has 1 saturated heterocycles. The van der Waals surface area contributed by atoms with Crippen molar-refractivity contribution in [3.05, 3.63) is 27.7 Å².